The summed E-state index contributed by atoms with van der Waals surface area (Å²) in [5.74, 6) is 1.34. The summed E-state index contributed by atoms with van der Waals surface area (Å²) in [6.07, 6.45) is 3.54. The van der Waals surface area contributed by atoms with Crippen LogP contribution in [0.3, 0.4) is 0 Å². The molecule has 1 aromatic carbocycles. The van der Waals surface area contributed by atoms with Gasteiger partial charge < -0.3 is 4.74 Å². The molecule has 1 aliphatic rings. The first-order valence-corrected chi connectivity index (χ1v) is 8.81. The quantitative estimate of drug-likeness (QED) is 0.801. The van der Waals surface area contributed by atoms with Crippen molar-refractivity contribution in [3.8, 4) is 5.75 Å². The maximum Gasteiger partial charge on any atom is 0.183 e. The Morgan fingerprint density at radius 2 is 1.80 bits per heavy atom. The number of hydrogen-bond donors (Lipinski definition) is 0. The summed E-state index contributed by atoms with van der Waals surface area (Å²) < 4.78 is 30.1. The maximum absolute atomic E-state index is 12.5. The molecule has 0 aromatic heterocycles. The standard InChI is InChI=1S/C16H24O3S/c1-13(2)9-12-19-14-5-7-15(8-6-14)20(17,18)16(3)10-4-11-16/h5-8,13H,4,9-12H2,1-3H3. The van der Waals surface area contributed by atoms with Gasteiger partial charge in [-0.25, -0.2) is 8.42 Å². The molecule has 4 heteroatoms. The molecule has 0 unspecified atom stereocenters. The van der Waals surface area contributed by atoms with Gasteiger partial charge in [-0.1, -0.05) is 20.3 Å². The lowest BCUT2D eigenvalue weighted by Gasteiger charge is -2.37. The molecule has 0 spiro atoms. The van der Waals surface area contributed by atoms with Crippen LogP contribution in [0.5, 0.6) is 5.75 Å². The molecule has 0 bridgehead atoms. The van der Waals surface area contributed by atoms with Crippen LogP contribution in [0.2, 0.25) is 0 Å². The molecule has 112 valence electrons. The summed E-state index contributed by atoms with van der Waals surface area (Å²) in [5, 5.41) is 0. The minimum absolute atomic E-state index is 0.413. The van der Waals surface area contributed by atoms with Gasteiger partial charge in [0.1, 0.15) is 5.75 Å². The van der Waals surface area contributed by atoms with Crippen LogP contribution >= 0.6 is 0 Å². The van der Waals surface area contributed by atoms with Crippen molar-refractivity contribution in [1.29, 1.82) is 0 Å². The molecule has 0 heterocycles. The van der Waals surface area contributed by atoms with Gasteiger partial charge in [0, 0.05) is 0 Å². The molecule has 2 rings (SSSR count). The van der Waals surface area contributed by atoms with Gasteiger partial charge in [-0.15, -0.1) is 0 Å². The number of ether oxygens (including phenoxy) is 1. The lowest BCUT2D eigenvalue weighted by Crippen LogP contribution is -2.41. The second-order valence-corrected chi connectivity index (χ2v) is 8.77. The average Bonchev–Trinajstić information content (AvgIpc) is 2.36. The summed E-state index contributed by atoms with van der Waals surface area (Å²) in [5.41, 5.74) is 0. The van der Waals surface area contributed by atoms with E-state index in [-0.39, 0.29) is 0 Å². The van der Waals surface area contributed by atoms with E-state index >= 15 is 0 Å². The summed E-state index contributed by atoms with van der Waals surface area (Å²) in [7, 11) is -3.21. The first-order valence-electron chi connectivity index (χ1n) is 7.33. The van der Waals surface area contributed by atoms with Gasteiger partial charge in [0.15, 0.2) is 9.84 Å². The van der Waals surface area contributed by atoms with E-state index in [0.29, 0.717) is 17.4 Å². The molecule has 0 N–H and O–H groups in total. The molecule has 0 atom stereocenters. The van der Waals surface area contributed by atoms with Gasteiger partial charge in [0.05, 0.1) is 16.2 Å². The normalized spacial score (nSPS) is 17.8. The van der Waals surface area contributed by atoms with E-state index in [0.717, 1.165) is 31.4 Å². The van der Waals surface area contributed by atoms with Crippen LogP contribution in [0.15, 0.2) is 29.2 Å². The fraction of sp³-hybridized carbons (Fsp3) is 0.625. The second kappa shape index (κ2) is 5.76. The molecule has 0 radical (unpaired) electrons. The predicted molar refractivity (Wildman–Crippen MR) is 80.8 cm³/mol. The fourth-order valence-electron chi connectivity index (χ4n) is 2.36. The summed E-state index contributed by atoms with van der Waals surface area (Å²) in [4.78, 5) is 0.413. The minimum Gasteiger partial charge on any atom is -0.494 e. The van der Waals surface area contributed by atoms with Crippen molar-refractivity contribution < 1.29 is 13.2 Å². The smallest absolute Gasteiger partial charge is 0.183 e. The third-order valence-electron chi connectivity index (χ3n) is 4.16. The first kappa shape index (κ1) is 15.4. The average molecular weight is 296 g/mol. The Kier molecular flexibility index (Phi) is 4.43. The summed E-state index contributed by atoms with van der Waals surface area (Å²) in [6, 6.07) is 6.86. The van der Waals surface area contributed by atoms with Crippen molar-refractivity contribution in [2.75, 3.05) is 6.61 Å². The van der Waals surface area contributed by atoms with E-state index in [2.05, 4.69) is 13.8 Å². The molecule has 0 saturated heterocycles. The Morgan fingerprint density at radius 3 is 2.25 bits per heavy atom. The van der Waals surface area contributed by atoms with Crippen molar-refractivity contribution in [2.24, 2.45) is 5.92 Å². The Balaban J connectivity index is 2.05. The zero-order valence-electron chi connectivity index (χ0n) is 12.6. The molecule has 1 aliphatic carbocycles. The van der Waals surface area contributed by atoms with Gasteiger partial charge in [-0.05, 0) is 56.4 Å². The highest BCUT2D eigenvalue weighted by Gasteiger charge is 2.45. The van der Waals surface area contributed by atoms with Crippen LogP contribution < -0.4 is 4.74 Å². The zero-order valence-corrected chi connectivity index (χ0v) is 13.4. The monoisotopic (exact) mass is 296 g/mol. The van der Waals surface area contributed by atoms with Crippen LogP contribution in [0.25, 0.3) is 0 Å². The van der Waals surface area contributed by atoms with E-state index in [1.165, 1.54) is 0 Å². The highest BCUT2D eigenvalue weighted by Crippen LogP contribution is 2.42. The van der Waals surface area contributed by atoms with Crippen LogP contribution in [-0.4, -0.2) is 19.8 Å². The van der Waals surface area contributed by atoms with Crippen LogP contribution in [0.4, 0.5) is 0 Å². The Bertz CT molecular complexity index is 540. The molecule has 0 amide bonds. The Labute approximate surface area is 122 Å². The molecular formula is C16H24O3S. The molecule has 0 aliphatic heterocycles. The van der Waals surface area contributed by atoms with E-state index in [9.17, 15) is 8.42 Å². The molecule has 20 heavy (non-hydrogen) atoms. The first-order chi connectivity index (χ1) is 9.35. The van der Waals surface area contributed by atoms with E-state index < -0.39 is 14.6 Å². The Hall–Kier alpha value is -1.03. The largest absolute Gasteiger partial charge is 0.494 e. The predicted octanol–water partition coefficient (Wildman–Crippen LogP) is 3.83. The zero-order chi connectivity index (χ0) is 14.8. The van der Waals surface area contributed by atoms with Crippen LogP contribution in [0.1, 0.15) is 46.5 Å². The molecular weight excluding hydrogens is 272 g/mol. The SMILES string of the molecule is CC(C)CCOc1ccc(S(=O)(=O)C2(C)CCC2)cc1. The number of sulfone groups is 1. The highest BCUT2D eigenvalue weighted by molar-refractivity contribution is 7.92. The second-order valence-electron chi connectivity index (χ2n) is 6.31. The highest BCUT2D eigenvalue weighted by atomic mass is 32.2. The third-order valence-corrected chi connectivity index (χ3v) is 6.76. The van der Waals surface area contributed by atoms with E-state index in [1.54, 1.807) is 24.3 Å². The maximum atomic E-state index is 12.5. The van der Waals surface area contributed by atoms with Gasteiger partial charge >= 0.3 is 0 Å². The molecule has 1 fully saturated rings. The number of rotatable bonds is 6. The fourth-order valence-corrected chi connectivity index (χ4v) is 4.24. The van der Waals surface area contributed by atoms with Crippen LogP contribution in [0, 0.1) is 5.92 Å². The lowest BCUT2D eigenvalue weighted by atomic mass is 9.86. The Morgan fingerprint density at radius 1 is 1.20 bits per heavy atom. The van der Waals surface area contributed by atoms with Crippen molar-refractivity contribution in [3.05, 3.63) is 24.3 Å². The van der Waals surface area contributed by atoms with Crippen molar-refractivity contribution >= 4 is 9.84 Å². The number of hydrogen-bond acceptors (Lipinski definition) is 3. The van der Waals surface area contributed by atoms with Crippen LogP contribution in [-0.2, 0) is 9.84 Å². The molecule has 3 nitrogen and oxygen atoms in total. The van der Waals surface area contributed by atoms with Gasteiger partial charge in [0.25, 0.3) is 0 Å². The van der Waals surface area contributed by atoms with Crippen molar-refractivity contribution in [2.45, 2.75) is 56.1 Å². The van der Waals surface area contributed by atoms with Crippen molar-refractivity contribution in [1.82, 2.24) is 0 Å². The molecule has 1 saturated carbocycles. The summed E-state index contributed by atoms with van der Waals surface area (Å²) in [6.45, 7) is 6.82. The number of benzene rings is 1. The summed E-state index contributed by atoms with van der Waals surface area (Å²) >= 11 is 0. The van der Waals surface area contributed by atoms with E-state index in [4.69, 9.17) is 4.74 Å². The van der Waals surface area contributed by atoms with Gasteiger partial charge in [-0.2, -0.15) is 0 Å². The van der Waals surface area contributed by atoms with Crippen molar-refractivity contribution in [3.63, 3.8) is 0 Å². The third kappa shape index (κ3) is 3.00. The lowest BCUT2D eigenvalue weighted by molar-refractivity contribution is 0.289. The molecule has 1 aromatic rings. The van der Waals surface area contributed by atoms with Gasteiger partial charge in [-0.3, -0.25) is 0 Å². The van der Waals surface area contributed by atoms with Gasteiger partial charge in [0.2, 0.25) is 0 Å². The minimum atomic E-state index is -3.21. The topological polar surface area (TPSA) is 43.4 Å². The van der Waals surface area contributed by atoms with E-state index in [1.807, 2.05) is 6.92 Å².